The Bertz CT molecular complexity index is 380. The average molecular weight is 349 g/mol. The fraction of sp³-hybridized carbons (Fsp3) is 1.00. The Balaban J connectivity index is 6.14. The monoisotopic (exact) mass is 349 g/mol. The van der Waals surface area contributed by atoms with E-state index in [2.05, 4.69) is 5.73 Å². The number of hydrogen-bond acceptors (Lipinski definition) is 1. The number of alkyl halides is 13. The lowest BCUT2D eigenvalue weighted by molar-refractivity contribution is -0.438. The Morgan fingerprint density at radius 1 is 0.476 bits per heavy atom. The molecular formula is C7H4F13N. The summed E-state index contributed by atoms with van der Waals surface area (Å²) in [5.41, 5.74) is 3.91. The maximum Gasteiger partial charge on any atom is 0.460 e. The van der Waals surface area contributed by atoms with Crippen LogP contribution in [0.2, 0.25) is 0 Å². The Hall–Kier alpha value is -0.950. The molecule has 0 aliphatic rings. The van der Waals surface area contributed by atoms with Gasteiger partial charge < -0.3 is 5.73 Å². The first-order chi connectivity index (χ1) is 8.81. The van der Waals surface area contributed by atoms with Crippen molar-refractivity contribution in [3.8, 4) is 0 Å². The van der Waals surface area contributed by atoms with Crippen molar-refractivity contribution in [2.75, 3.05) is 6.54 Å². The van der Waals surface area contributed by atoms with E-state index in [0.29, 0.717) is 0 Å². The molecule has 0 rings (SSSR count). The predicted molar refractivity (Wildman–Crippen MR) is 39.8 cm³/mol. The Labute approximate surface area is 106 Å². The molecule has 0 unspecified atom stereocenters. The summed E-state index contributed by atoms with van der Waals surface area (Å²) in [6, 6.07) is 0. The van der Waals surface area contributed by atoms with E-state index in [1.54, 1.807) is 0 Å². The molecule has 1 nitrogen and oxygen atoms in total. The molecule has 0 amide bonds. The Morgan fingerprint density at radius 3 is 1.00 bits per heavy atom. The van der Waals surface area contributed by atoms with Crippen molar-refractivity contribution >= 4 is 0 Å². The summed E-state index contributed by atoms with van der Waals surface area (Å²) in [5.74, 6) is -36.7. The van der Waals surface area contributed by atoms with Gasteiger partial charge in [0.25, 0.3) is 0 Å². The molecule has 0 heterocycles. The van der Waals surface area contributed by atoms with Gasteiger partial charge in [0.1, 0.15) is 0 Å². The highest BCUT2D eigenvalue weighted by Gasteiger charge is 2.90. The van der Waals surface area contributed by atoms with Crippen LogP contribution in [-0.2, 0) is 0 Å². The standard InChI is InChI=1S/C7H4F13N/c8-2(9,1-21)3(10,11)4(12,13)5(14,15)6(16,17)7(18,19)20/h1,21H2. The Morgan fingerprint density at radius 2 is 0.762 bits per heavy atom. The van der Waals surface area contributed by atoms with Crippen molar-refractivity contribution in [3.63, 3.8) is 0 Å². The van der Waals surface area contributed by atoms with Gasteiger partial charge in [-0.2, -0.15) is 57.1 Å². The normalized spacial score (nSPS) is 16.3. The molecule has 0 aliphatic heterocycles. The first-order valence-corrected chi connectivity index (χ1v) is 4.47. The van der Waals surface area contributed by atoms with Crippen molar-refractivity contribution < 1.29 is 57.1 Å². The second kappa shape index (κ2) is 4.78. The lowest BCUT2D eigenvalue weighted by Crippen LogP contribution is -2.70. The molecule has 2 N–H and O–H groups in total. The van der Waals surface area contributed by atoms with Crippen molar-refractivity contribution in [2.24, 2.45) is 5.73 Å². The molecule has 14 heteroatoms. The van der Waals surface area contributed by atoms with Crippen LogP contribution in [-0.4, -0.2) is 42.3 Å². The number of rotatable bonds is 5. The molecule has 0 aliphatic carbocycles. The highest BCUT2D eigenvalue weighted by atomic mass is 19.4. The summed E-state index contributed by atoms with van der Waals surface area (Å²) in [5, 5.41) is 0. The van der Waals surface area contributed by atoms with Gasteiger partial charge >= 0.3 is 35.8 Å². The molecule has 0 spiro atoms. The van der Waals surface area contributed by atoms with Gasteiger partial charge in [-0.3, -0.25) is 0 Å². The van der Waals surface area contributed by atoms with Gasteiger partial charge in [-0.05, 0) is 0 Å². The molecule has 0 aromatic heterocycles. The molecular weight excluding hydrogens is 345 g/mol. The lowest BCUT2D eigenvalue weighted by atomic mass is 9.94. The van der Waals surface area contributed by atoms with Crippen LogP contribution in [0.5, 0.6) is 0 Å². The van der Waals surface area contributed by atoms with E-state index in [4.69, 9.17) is 0 Å². The van der Waals surface area contributed by atoms with Crippen molar-refractivity contribution in [2.45, 2.75) is 35.8 Å². The summed E-state index contributed by atoms with van der Waals surface area (Å²) >= 11 is 0. The molecule has 0 aromatic rings. The highest BCUT2D eigenvalue weighted by molar-refractivity contribution is 5.10. The van der Waals surface area contributed by atoms with Crippen LogP contribution < -0.4 is 5.73 Å². The first-order valence-electron chi connectivity index (χ1n) is 4.47. The van der Waals surface area contributed by atoms with Crippen LogP contribution in [0.4, 0.5) is 57.1 Å². The van der Waals surface area contributed by atoms with Crippen molar-refractivity contribution in [1.29, 1.82) is 0 Å². The predicted octanol–water partition coefficient (Wildman–Crippen LogP) is 3.68. The number of hydrogen-bond donors (Lipinski definition) is 1. The van der Waals surface area contributed by atoms with Crippen LogP contribution in [0.3, 0.4) is 0 Å². The lowest BCUT2D eigenvalue weighted by Gasteiger charge is -2.39. The van der Waals surface area contributed by atoms with Crippen LogP contribution >= 0.6 is 0 Å². The summed E-state index contributed by atoms with van der Waals surface area (Å²) in [7, 11) is 0. The molecule has 0 atom stereocenters. The van der Waals surface area contributed by atoms with Gasteiger partial charge in [0.2, 0.25) is 0 Å². The van der Waals surface area contributed by atoms with E-state index < -0.39 is 42.3 Å². The fourth-order valence-electron chi connectivity index (χ4n) is 0.930. The minimum absolute atomic E-state index is 2.71. The van der Waals surface area contributed by atoms with Gasteiger partial charge in [-0.25, -0.2) is 0 Å². The van der Waals surface area contributed by atoms with Gasteiger partial charge in [-0.15, -0.1) is 0 Å². The van der Waals surface area contributed by atoms with E-state index in [0.717, 1.165) is 0 Å². The van der Waals surface area contributed by atoms with Crippen molar-refractivity contribution in [1.82, 2.24) is 0 Å². The quantitative estimate of drug-likeness (QED) is 0.753. The third-order valence-corrected chi connectivity index (χ3v) is 2.25. The summed E-state index contributed by atoms with van der Waals surface area (Å²) in [6.07, 6.45) is -7.39. The van der Waals surface area contributed by atoms with Gasteiger partial charge in [0, 0.05) is 0 Å². The minimum atomic E-state index is -7.86. The third kappa shape index (κ3) is 2.50. The third-order valence-electron chi connectivity index (χ3n) is 2.25. The maximum atomic E-state index is 12.7. The molecule has 0 saturated heterocycles. The van der Waals surface area contributed by atoms with Crippen LogP contribution in [0.15, 0.2) is 0 Å². The fourth-order valence-corrected chi connectivity index (χ4v) is 0.930. The Kier molecular flexibility index (Phi) is 4.56. The zero-order valence-electron chi connectivity index (χ0n) is 9.20. The molecule has 0 saturated carbocycles. The molecule has 0 fully saturated rings. The van der Waals surface area contributed by atoms with Crippen LogP contribution in [0.25, 0.3) is 0 Å². The highest BCUT2D eigenvalue weighted by Crippen LogP contribution is 2.59. The summed E-state index contributed by atoms with van der Waals surface area (Å²) in [6.45, 7) is -2.71. The number of halogens is 13. The van der Waals surface area contributed by atoms with Gasteiger partial charge in [-0.1, -0.05) is 0 Å². The van der Waals surface area contributed by atoms with Crippen molar-refractivity contribution in [3.05, 3.63) is 0 Å². The van der Waals surface area contributed by atoms with E-state index in [1.165, 1.54) is 0 Å². The second-order valence-electron chi connectivity index (χ2n) is 3.70. The van der Waals surface area contributed by atoms with Crippen LogP contribution in [0, 0.1) is 0 Å². The van der Waals surface area contributed by atoms with Crippen LogP contribution in [0.1, 0.15) is 0 Å². The first kappa shape index (κ1) is 20.1. The molecule has 0 bridgehead atoms. The van der Waals surface area contributed by atoms with E-state index in [9.17, 15) is 57.1 Å². The topological polar surface area (TPSA) is 26.0 Å². The smallest absolute Gasteiger partial charge is 0.325 e. The zero-order valence-corrected chi connectivity index (χ0v) is 9.20. The van der Waals surface area contributed by atoms with Gasteiger partial charge in [0.05, 0.1) is 6.54 Å². The SMILES string of the molecule is NCC(F)(F)C(F)(F)C(F)(F)C(F)(F)C(F)(F)C(F)(F)F. The molecule has 0 aromatic carbocycles. The summed E-state index contributed by atoms with van der Waals surface area (Å²) in [4.78, 5) is 0. The van der Waals surface area contributed by atoms with E-state index >= 15 is 0 Å². The van der Waals surface area contributed by atoms with E-state index in [1.807, 2.05) is 0 Å². The van der Waals surface area contributed by atoms with E-state index in [-0.39, 0.29) is 0 Å². The average Bonchev–Trinajstić information content (AvgIpc) is 2.26. The molecule has 0 radical (unpaired) electrons. The zero-order chi connectivity index (χ0) is 17.7. The minimum Gasteiger partial charge on any atom is -0.325 e. The second-order valence-corrected chi connectivity index (χ2v) is 3.70. The summed E-state index contributed by atoms with van der Waals surface area (Å²) < 4.78 is 160. The van der Waals surface area contributed by atoms with Gasteiger partial charge in [0.15, 0.2) is 0 Å². The maximum absolute atomic E-state index is 12.7. The number of nitrogens with two attached hydrogens (primary N) is 1. The molecule has 21 heavy (non-hydrogen) atoms. The largest absolute Gasteiger partial charge is 0.460 e. The molecule has 128 valence electrons.